The lowest BCUT2D eigenvalue weighted by atomic mass is 9.94. The molecule has 4 heteroatoms. The van der Waals surface area contributed by atoms with Crippen LogP contribution in [0.3, 0.4) is 0 Å². The van der Waals surface area contributed by atoms with Gasteiger partial charge in [0.05, 0.1) is 0 Å². The number of nitrogens with zero attached hydrogens (tertiary/aromatic N) is 1. The smallest absolute Gasteiger partial charge is 0.127 e. The second-order valence-electron chi connectivity index (χ2n) is 4.86. The number of hydrogen-bond donors (Lipinski definition) is 1. The fourth-order valence-corrected chi connectivity index (χ4v) is 2.35. The molecule has 98 valence electrons. The Morgan fingerprint density at radius 3 is 2.89 bits per heavy atom. The Morgan fingerprint density at radius 2 is 2.16 bits per heavy atom. The first-order chi connectivity index (χ1) is 9.13. The zero-order chi connectivity index (χ0) is 13.4. The number of pyridine rings is 1. The van der Waals surface area contributed by atoms with Gasteiger partial charge in [0.2, 0.25) is 0 Å². The van der Waals surface area contributed by atoms with Crippen molar-refractivity contribution in [2.45, 2.75) is 25.5 Å². The first kappa shape index (κ1) is 12.1. The summed E-state index contributed by atoms with van der Waals surface area (Å²) in [5.41, 5.74) is 8.91. The molecule has 3 nitrogen and oxygen atoms in total. The van der Waals surface area contributed by atoms with Gasteiger partial charge in [-0.3, -0.25) is 4.98 Å². The lowest BCUT2D eigenvalue weighted by molar-refractivity contribution is 0.160. The Kier molecular flexibility index (Phi) is 2.95. The van der Waals surface area contributed by atoms with Crippen LogP contribution in [0, 0.1) is 12.7 Å². The van der Waals surface area contributed by atoms with Gasteiger partial charge < -0.3 is 10.5 Å². The molecule has 2 heterocycles. The summed E-state index contributed by atoms with van der Waals surface area (Å²) in [6, 6.07) is 8.27. The molecule has 1 aliphatic rings. The highest BCUT2D eigenvalue weighted by Crippen LogP contribution is 2.39. The summed E-state index contributed by atoms with van der Waals surface area (Å²) in [7, 11) is 0. The monoisotopic (exact) mass is 258 g/mol. The summed E-state index contributed by atoms with van der Waals surface area (Å²) < 4.78 is 19.1. The van der Waals surface area contributed by atoms with Crippen LogP contribution in [-0.2, 0) is 0 Å². The van der Waals surface area contributed by atoms with E-state index in [9.17, 15) is 4.39 Å². The molecular weight excluding hydrogens is 243 g/mol. The molecular formula is C15H15FN2O. The molecule has 19 heavy (non-hydrogen) atoms. The fraction of sp³-hybridized carbons (Fsp3) is 0.267. The van der Waals surface area contributed by atoms with Crippen molar-refractivity contribution < 1.29 is 9.13 Å². The zero-order valence-corrected chi connectivity index (χ0v) is 10.6. The van der Waals surface area contributed by atoms with Crippen LogP contribution in [0.25, 0.3) is 0 Å². The average Bonchev–Trinajstić information content (AvgIpc) is 2.38. The van der Waals surface area contributed by atoms with Crippen molar-refractivity contribution >= 4 is 0 Å². The predicted molar refractivity (Wildman–Crippen MR) is 70.3 cm³/mol. The molecule has 0 spiro atoms. The standard InChI is InChI=1S/C15H15FN2O/c1-9-2-3-10(8-18-9)14-7-13(17)12-5-4-11(16)6-15(12)19-14/h2-6,8,13-14H,7,17H2,1H3/t13-,14?/m1/s1. The Hall–Kier alpha value is -1.94. The van der Waals surface area contributed by atoms with Gasteiger partial charge in [0.25, 0.3) is 0 Å². The topological polar surface area (TPSA) is 48.1 Å². The molecule has 1 aromatic heterocycles. The van der Waals surface area contributed by atoms with E-state index in [1.807, 2.05) is 19.1 Å². The molecule has 0 aliphatic carbocycles. The second kappa shape index (κ2) is 4.63. The molecule has 0 amide bonds. The van der Waals surface area contributed by atoms with Crippen LogP contribution in [0.5, 0.6) is 5.75 Å². The quantitative estimate of drug-likeness (QED) is 0.855. The number of halogens is 1. The van der Waals surface area contributed by atoms with E-state index in [1.54, 1.807) is 12.3 Å². The third kappa shape index (κ3) is 2.31. The molecule has 1 unspecified atom stereocenters. The summed E-state index contributed by atoms with van der Waals surface area (Å²) in [4.78, 5) is 4.26. The van der Waals surface area contributed by atoms with Gasteiger partial charge in [-0.25, -0.2) is 4.39 Å². The van der Waals surface area contributed by atoms with E-state index in [4.69, 9.17) is 10.5 Å². The number of nitrogens with two attached hydrogens (primary N) is 1. The molecule has 0 radical (unpaired) electrons. The maximum Gasteiger partial charge on any atom is 0.127 e. The van der Waals surface area contributed by atoms with Gasteiger partial charge in [0.1, 0.15) is 17.7 Å². The van der Waals surface area contributed by atoms with E-state index in [0.717, 1.165) is 16.8 Å². The molecule has 0 saturated heterocycles. The van der Waals surface area contributed by atoms with Crippen LogP contribution in [0.2, 0.25) is 0 Å². The zero-order valence-electron chi connectivity index (χ0n) is 10.6. The number of aryl methyl sites for hydroxylation is 1. The minimum Gasteiger partial charge on any atom is -0.485 e. The molecule has 1 aliphatic heterocycles. The van der Waals surface area contributed by atoms with E-state index in [1.165, 1.54) is 12.1 Å². The average molecular weight is 258 g/mol. The van der Waals surface area contributed by atoms with Gasteiger partial charge in [-0.1, -0.05) is 12.1 Å². The van der Waals surface area contributed by atoms with E-state index in [0.29, 0.717) is 12.2 Å². The van der Waals surface area contributed by atoms with Crippen LogP contribution in [-0.4, -0.2) is 4.98 Å². The normalized spacial score (nSPS) is 21.6. The largest absolute Gasteiger partial charge is 0.485 e. The second-order valence-corrected chi connectivity index (χ2v) is 4.86. The first-order valence-electron chi connectivity index (χ1n) is 6.28. The van der Waals surface area contributed by atoms with E-state index < -0.39 is 0 Å². The number of fused-ring (bicyclic) bond motifs is 1. The van der Waals surface area contributed by atoms with Crippen LogP contribution >= 0.6 is 0 Å². The maximum atomic E-state index is 13.3. The molecule has 1 aromatic carbocycles. The third-order valence-corrected chi connectivity index (χ3v) is 3.42. The summed E-state index contributed by atoms with van der Waals surface area (Å²) in [5, 5.41) is 0. The van der Waals surface area contributed by atoms with Gasteiger partial charge in [-0.05, 0) is 19.1 Å². The predicted octanol–water partition coefficient (Wildman–Crippen LogP) is 3.05. The van der Waals surface area contributed by atoms with Crippen molar-refractivity contribution in [1.82, 2.24) is 4.98 Å². The lowest BCUT2D eigenvalue weighted by Gasteiger charge is -2.30. The summed E-state index contributed by atoms with van der Waals surface area (Å²) in [5.74, 6) is 0.220. The van der Waals surface area contributed by atoms with Crippen molar-refractivity contribution in [2.75, 3.05) is 0 Å². The Morgan fingerprint density at radius 1 is 1.32 bits per heavy atom. The lowest BCUT2D eigenvalue weighted by Crippen LogP contribution is -2.24. The van der Waals surface area contributed by atoms with Crippen LogP contribution in [0.1, 0.15) is 35.4 Å². The van der Waals surface area contributed by atoms with Crippen LogP contribution in [0.15, 0.2) is 36.5 Å². The molecule has 2 aromatic rings. The first-order valence-corrected chi connectivity index (χ1v) is 6.28. The van der Waals surface area contributed by atoms with E-state index in [2.05, 4.69) is 4.98 Å². The molecule has 3 rings (SSSR count). The molecule has 2 atom stereocenters. The summed E-state index contributed by atoms with van der Waals surface area (Å²) in [6.45, 7) is 1.93. The van der Waals surface area contributed by atoms with Crippen molar-refractivity contribution in [2.24, 2.45) is 5.73 Å². The van der Waals surface area contributed by atoms with Crippen LogP contribution < -0.4 is 10.5 Å². The van der Waals surface area contributed by atoms with Crippen molar-refractivity contribution in [1.29, 1.82) is 0 Å². The number of aromatic nitrogens is 1. The molecule has 0 saturated carbocycles. The summed E-state index contributed by atoms with van der Waals surface area (Å²) >= 11 is 0. The van der Waals surface area contributed by atoms with Crippen molar-refractivity contribution in [3.8, 4) is 5.75 Å². The number of rotatable bonds is 1. The Labute approximate surface area is 111 Å². The van der Waals surface area contributed by atoms with E-state index >= 15 is 0 Å². The summed E-state index contributed by atoms with van der Waals surface area (Å²) in [6.07, 6.45) is 2.29. The third-order valence-electron chi connectivity index (χ3n) is 3.42. The van der Waals surface area contributed by atoms with Gasteiger partial charge in [-0.2, -0.15) is 0 Å². The van der Waals surface area contributed by atoms with Crippen molar-refractivity contribution in [3.63, 3.8) is 0 Å². The van der Waals surface area contributed by atoms with Gasteiger partial charge in [-0.15, -0.1) is 0 Å². The number of hydrogen-bond acceptors (Lipinski definition) is 3. The highest BCUT2D eigenvalue weighted by molar-refractivity contribution is 5.39. The number of benzene rings is 1. The molecule has 0 fully saturated rings. The van der Waals surface area contributed by atoms with Gasteiger partial charge in [0.15, 0.2) is 0 Å². The van der Waals surface area contributed by atoms with Gasteiger partial charge in [0, 0.05) is 41.5 Å². The number of ether oxygens (including phenoxy) is 1. The molecule has 0 bridgehead atoms. The highest BCUT2D eigenvalue weighted by Gasteiger charge is 2.27. The maximum absolute atomic E-state index is 13.3. The SMILES string of the molecule is Cc1ccc(C2C[C@@H](N)c3ccc(F)cc3O2)cn1. The Balaban J connectivity index is 1.93. The van der Waals surface area contributed by atoms with Crippen molar-refractivity contribution in [3.05, 3.63) is 59.2 Å². The minimum absolute atomic E-state index is 0.143. The minimum atomic E-state index is -0.311. The highest BCUT2D eigenvalue weighted by atomic mass is 19.1. The van der Waals surface area contributed by atoms with Gasteiger partial charge >= 0.3 is 0 Å². The fourth-order valence-electron chi connectivity index (χ4n) is 2.35. The Bertz CT molecular complexity index is 598. The van der Waals surface area contributed by atoms with E-state index in [-0.39, 0.29) is 18.0 Å². The molecule has 2 N–H and O–H groups in total. The van der Waals surface area contributed by atoms with Crippen LogP contribution in [0.4, 0.5) is 4.39 Å².